The lowest BCUT2D eigenvalue weighted by Gasteiger charge is -2.43. The Morgan fingerprint density at radius 1 is 0.891 bits per heavy atom. The number of hydrogen-bond acceptors (Lipinski definition) is 9. The number of hydrogen-bond donors (Lipinski definition) is 4. The minimum absolute atomic E-state index is 0.00194. The van der Waals surface area contributed by atoms with Crippen molar-refractivity contribution in [3.05, 3.63) is 77.9 Å². The zero-order valence-corrected chi connectivity index (χ0v) is 39.4. The number of nitrogens with zero attached hydrogens (tertiary/aromatic N) is 2. The molecule has 1 saturated heterocycles. The summed E-state index contributed by atoms with van der Waals surface area (Å²) < 4.78 is 43.9. The first kappa shape index (κ1) is 55.5. The molecule has 1 aliphatic heterocycles. The molecule has 3 rings (SSSR count). The van der Waals surface area contributed by atoms with Crippen LogP contribution in [-0.2, 0) is 39.9 Å². The Morgan fingerprint density at radius 2 is 1.47 bits per heavy atom. The number of halogens is 3. The normalized spacial score (nSPS) is 18.1. The molecule has 0 unspecified atom stereocenters. The minimum Gasteiger partial charge on any atom is -0.475 e. The molecule has 0 bridgehead atoms. The van der Waals surface area contributed by atoms with Crippen molar-refractivity contribution in [2.24, 2.45) is 23.7 Å². The van der Waals surface area contributed by atoms with Crippen LogP contribution in [0.2, 0.25) is 0 Å². The number of carboxylic acid groups (broad SMARTS) is 1. The van der Waals surface area contributed by atoms with Crippen LogP contribution in [0.4, 0.5) is 13.2 Å². The summed E-state index contributed by atoms with van der Waals surface area (Å²) in [6, 6.07) is 18.1. The van der Waals surface area contributed by atoms with Gasteiger partial charge in [0, 0.05) is 26.8 Å². The average molecular weight is 904 g/mol. The number of likely N-dealkylation sites (tertiary alicyclic amines) is 1. The van der Waals surface area contributed by atoms with E-state index in [0.717, 1.165) is 24.0 Å². The summed E-state index contributed by atoms with van der Waals surface area (Å²) in [6.45, 7) is 14.4. The summed E-state index contributed by atoms with van der Waals surface area (Å²) in [5, 5.41) is 16.1. The van der Waals surface area contributed by atoms with E-state index in [2.05, 4.69) is 41.9 Å². The molecule has 2 aromatic carbocycles. The fraction of sp³-hybridized carbons (Fsp3) is 0.604. The highest BCUT2D eigenvalue weighted by Gasteiger charge is 2.44. The van der Waals surface area contributed by atoms with Gasteiger partial charge >= 0.3 is 12.1 Å². The highest BCUT2D eigenvalue weighted by molar-refractivity contribution is 6.00. The van der Waals surface area contributed by atoms with Crippen molar-refractivity contribution in [1.82, 2.24) is 25.8 Å². The van der Waals surface area contributed by atoms with E-state index in [1.807, 2.05) is 112 Å². The lowest BCUT2D eigenvalue weighted by Crippen LogP contribution is -2.60. The first-order chi connectivity index (χ1) is 30.1. The Morgan fingerprint density at radius 3 is 1.95 bits per heavy atom. The van der Waals surface area contributed by atoms with Crippen LogP contribution >= 0.6 is 0 Å². The van der Waals surface area contributed by atoms with Gasteiger partial charge in [0.05, 0.1) is 48.7 Å². The molecule has 1 aliphatic rings. The molecule has 1 fully saturated rings. The second kappa shape index (κ2) is 27.0. The number of methoxy groups -OCH3 is 2. The number of ether oxygens (including phenoxy) is 2. The van der Waals surface area contributed by atoms with Gasteiger partial charge in [-0.05, 0) is 62.2 Å². The second-order valence-corrected chi connectivity index (χ2v) is 17.2. The van der Waals surface area contributed by atoms with E-state index in [-0.39, 0.29) is 65.9 Å². The summed E-state index contributed by atoms with van der Waals surface area (Å²) in [5.41, 5.74) is 2.16. The van der Waals surface area contributed by atoms with Crippen LogP contribution in [0.25, 0.3) is 6.08 Å². The molecule has 4 amide bonds. The highest BCUT2D eigenvalue weighted by Crippen LogP contribution is 2.30. The van der Waals surface area contributed by atoms with Gasteiger partial charge in [-0.15, -0.1) is 0 Å². The third kappa shape index (κ3) is 16.7. The Kier molecular flexibility index (Phi) is 23.4. The van der Waals surface area contributed by atoms with Crippen molar-refractivity contribution >= 4 is 35.7 Å². The molecule has 0 spiro atoms. The standard InChI is InChI=1S/C46H71N5O6.C2HF3O2/c1-12-32(6)42(50(9)41(31(4)5)46(55)49-45(54)40(47-8)30(2)3)38(56-10)29-39(52)51-27-19-24-37(51)43(57-11)33(7)44(53)48-36(28-35-22-17-14-18-23-35)26-25-34-20-15-13-16-21-34;3-2(4,5)1(6)7/h13-18,20-23,25-26,30-33,36-38,40-43,47H,12,19,24,27-29H2,1-11H3,(H,48,53)(H,49,54,55);(H,6,7)/b26-25+;/t32-,33+,36+,37-,38+,40-,41-,42-,43+;/m0./s1. The van der Waals surface area contributed by atoms with E-state index in [1.54, 1.807) is 21.3 Å². The van der Waals surface area contributed by atoms with Crippen LogP contribution in [-0.4, -0.2) is 128 Å². The van der Waals surface area contributed by atoms with Gasteiger partial charge in [0.25, 0.3) is 0 Å². The lowest BCUT2D eigenvalue weighted by atomic mass is 9.87. The zero-order valence-electron chi connectivity index (χ0n) is 39.4. The predicted octanol–water partition coefficient (Wildman–Crippen LogP) is 6.37. The fourth-order valence-corrected chi connectivity index (χ4v) is 8.52. The zero-order chi connectivity index (χ0) is 48.3. The third-order valence-corrected chi connectivity index (χ3v) is 12.0. The summed E-state index contributed by atoms with van der Waals surface area (Å²) >= 11 is 0. The molecule has 4 N–H and O–H groups in total. The number of carbonyl (C=O) groups excluding carboxylic acids is 4. The highest BCUT2D eigenvalue weighted by atomic mass is 19.4. The number of likely N-dealkylation sites (N-methyl/N-ethyl adjacent to an activating group) is 2. The van der Waals surface area contributed by atoms with E-state index >= 15 is 0 Å². The molecule has 0 saturated carbocycles. The van der Waals surface area contributed by atoms with E-state index in [4.69, 9.17) is 19.4 Å². The molecule has 13 nitrogen and oxygen atoms in total. The molecule has 16 heteroatoms. The fourth-order valence-electron chi connectivity index (χ4n) is 8.52. The van der Waals surface area contributed by atoms with Crippen LogP contribution in [0.15, 0.2) is 66.7 Å². The summed E-state index contributed by atoms with van der Waals surface area (Å²) in [4.78, 5) is 68.0. The number of carbonyl (C=O) groups is 5. The number of carboxylic acids is 1. The van der Waals surface area contributed by atoms with Crippen molar-refractivity contribution in [3.8, 4) is 0 Å². The van der Waals surface area contributed by atoms with Crippen LogP contribution < -0.4 is 16.0 Å². The molecule has 0 radical (unpaired) electrons. The number of amides is 4. The first-order valence-electron chi connectivity index (χ1n) is 22.1. The van der Waals surface area contributed by atoms with E-state index < -0.39 is 42.4 Å². The molecule has 9 atom stereocenters. The largest absolute Gasteiger partial charge is 0.490 e. The van der Waals surface area contributed by atoms with Crippen LogP contribution in [0.3, 0.4) is 0 Å². The number of rotatable bonds is 22. The van der Waals surface area contributed by atoms with Crippen LogP contribution in [0, 0.1) is 23.7 Å². The number of nitrogens with one attached hydrogen (secondary N) is 3. The molecule has 0 aliphatic carbocycles. The van der Waals surface area contributed by atoms with Crippen LogP contribution in [0.1, 0.15) is 85.3 Å². The lowest BCUT2D eigenvalue weighted by molar-refractivity contribution is -0.192. The van der Waals surface area contributed by atoms with E-state index in [0.29, 0.717) is 19.4 Å². The summed E-state index contributed by atoms with van der Waals surface area (Å²) in [6.07, 6.45) is 0.925. The maximum Gasteiger partial charge on any atom is 0.490 e. The third-order valence-electron chi connectivity index (χ3n) is 12.0. The molecule has 1 heterocycles. The molecule has 0 aromatic heterocycles. The Balaban J connectivity index is 0.00000185. The van der Waals surface area contributed by atoms with Gasteiger partial charge < -0.3 is 30.1 Å². The number of alkyl halides is 3. The van der Waals surface area contributed by atoms with Gasteiger partial charge in [-0.25, -0.2) is 4.79 Å². The van der Waals surface area contributed by atoms with Crippen molar-refractivity contribution in [1.29, 1.82) is 0 Å². The van der Waals surface area contributed by atoms with Gasteiger partial charge in [-0.2, -0.15) is 13.2 Å². The molecule has 358 valence electrons. The molecule has 64 heavy (non-hydrogen) atoms. The van der Waals surface area contributed by atoms with Crippen molar-refractivity contribution in [3.63, 3.8) is 0 Å². The Bertz CT molecular complexity index is 1780. The molecular weight excluding hydrogens is 832 g/mol. The molecular formula is C48H72F3N5O8. The van der Waals surface area contributed by atoms with Gasteiger partial charge in [-0.1, -0.05) is 128 Å². The van der Waals surface area contributed by atoms with Crippen LogP contribution in [0.5, 0.6) is 0 Å². The van der Waals surface area contributed by atoms with E-state index in [1.165, 1.54) is 0 Å². The monoisotopic (exact) mass is 904 g/mol. The van der Waals surface area contributed by atoms with Crippen molar-refractivity contribution in [2.45, 2.75) is 129 Å². The number of benzene rings is 2. The minimum atomic E-state index is -5.08. The summed E-state index contributed by atoms with van der Waals surface area (Å²) in [7, 11) is 6.82. The van der Waals surface area contributed by atoms with Gasteiger partial charge in [0.1, 0.15) is 0 Å². The smallest absolute Gasteiger partial charge is 0.475 e. The Hall–Kier alpha value is -4.64. The Labute approximate surface area is 377 Å². The summed E-state index contributed by atoms with van der Waals surface area (Å²) in [5.74, 6) is -4.32. The van der Waals surface area contributed by atoms with Crippen molar-refractivity contribution in [2.75, 3.05) is 34.9 Å². The second-order valence-electron chi connectivity index (χ2n) is 17.2. The number of aliphatic carboxylic acids is 1. The maximum absolute atomic E-state index is 14.4. The molecule has 2 aromatic rings. The van der Waals surface area contributed by atoms with Gasteiger partial charge in [0.15, 0.2) is 0 Å². The predicted molar refractivity (Wildman–Crippen MR) is 242 cm³/mol. The van der Waals surface area contributed by atoms with Gasteiger partial charge in [0.2, 0.25) is 23.6 Å². The quantitative estimate of drug-likeness (QED) is 0.104. The topological polar surface area (TPSA) is 167 Å². The first-order valence-corrected chi connectivity index (χ1v) is 22.1. The number of imide groups is 1. The SMILES string of the molecule is CC[C@H](C)[C@@H]([C@@H](CC(=O)N1CCC[C@H]1[C@H](OC)[C@@H](C)C(=O)N[C@H](/C=C/c1ccccc1)Cc1ccccc1)OC)N(C)[C@H](C(=O)NC(=O)[C@@H](NC)C(C)C)C(C)C.O=C(O)C(F)(F)F. The van der Waals surface area contributed by atoms with E-state index in [9.17, 15) is 32.3 Å². The maximum atomic E-state index is 14.4. The van der Waals surface area contributed by atoms with Crippen molar-refractivity contribution < 1.29 is 51.7 Å². The average Bonchev–Trinajstić information content (AvgIpc) is 3.73. The van der Waals surface area contributed by atoms with Gasteiger partial charge in [-0.3, -0.25) is 29.4 Å².